The number of esters is 2. The summed E-state index contributed by atoms with van der Waals surface area (Å²) >= 11 is 12.3. The van der Waals surface area contributed by atoms with Crippen LogP contribution in [0.4, 0.5) is 10.1 Å². The highest BCUT2D eigenvalue weighted by molar-refractivity contribution is 6.32. The third kappa shape index (κ3) is 7.97. The van der Waals surface area contributed by atoms with Crippen LogP contribution in [0.25, 0.3) is 0 Å². The van der Waals surface area contributed by atoms with E-state index in [9.17, 15) is 19.6 Å². The SMILES string of the molecule is COc1cc(C(=O)OCOC(C)=O)ccc1NC(=O)[C@@H]1N[C@@H](CC(C)(C)C)[C@](C#N)(c2ccc(Cl)cc2F)C1C1C#CC(Cl)=CC=C1. The van der Waals surface area contributed by atoms with Crippen LogP contribution in [0.2, 0.25) is 5.02 Å². The summed E-state index contributed by atoms with van der Waals surface area (Å²) in [5.41, 5.74) is -1.51. The molecule has 0 spiro atoms. The number of hydrogen-bond donors (Lipinski definition) is 2. The highest BCUT2D eigenvalue weighted by Gasteiger charge is 2.61. The Balaban J connectivity index is 1.79. The minimum absolute atomic E-state index is 0.0825. The van der Waals surface area contributed by atoms with E-state index >= 15 is 4.39 Å². The van der Waals surface area contributed by atoms with Crippen LogP contribution < -0.4 is 15.4 Å². The molecule has 246 valence electrons. The zero-order valence-electron chi connectivity index (χ0n) is 26.5. The summed E-state index contributed by atoms with van der Waals surface area (Å²) in [5.74, 6) is 1.90. The number of nitriles is 1. The predicted octanol–water partition coefficient (Wildman–Crippen LogP) is 6.27. The number of carbonyl (C=O) groups is 3. The van der Waals surface area contributed by atoms with Gasteiger partial charge >= 0.3 is 11.9 Å². The van der Waals surface area contributed by atoms with E-state index < -0.39 is 59.8 Å². The van der Waals surface area contributed by atoms with Crippen molar-refractivity contribution in [2.75, 3.05) is 19.2 Å². The molecule has 0 saturated carbocycles. The largest absolute Gasteiger partial charge is 0.495 e. The molecule has 1 aliphatic carbocycles. The monoisotopic (exact) mass is 681 g/mol. The van der Waals surface area contributed by atoms with Crippen molar-refractivity contribution < 1.29 is 33.0 Å². The molecule has 2 unspecified atom stereocenters. The molecule has 9 nitrogen and oxygen atoms in total. The minimum Gasteiger partial charge on any atom is -0.495 e. The van der Waals surface area contributed by atoms with Crippen LogP contribution in [-0.2, 0) is 24.5 Å². The van der Waals surface area contributed by atoms with Gasteiger partial charge in [0.05, 0.1) is 35.5 Å². The van der Waals surface area contributed by atoms with Gasteiger partial charge < -0.3 is 24.8 Å². The summed E-state index contributed by atoms with van der Waals surface area (Å²) in [4.78, 5) is 37.8. The van der Waals surface area contributed by atoms with Gasteiger partial charge in [0.2, 0.25) is 12.7 Å². The standard InChI is InChI=1S/C35H34Cl2FN3O6/c1-20(42)46-19-47-33(44)22-10-14-27(28(15-22)45-5)40-32(43)31-30(21-7-6-8-23(36)11-9-21)35(18-39,29(41-31)17-34(2,3)4)25-13-12-24(37)16-26(25)38/h6-8,10,12-16,21,29-31,41H,17,19H2,1-5H3,(H,40,43)/t21?,29-,30?,31+,35-/m0/s1. The number of rotatable bonds is 9. The third-order valence-electron chi connectivity index (χ3n) is 7.93. The highest BCUT2D eigenvalue weighted by atomic mass is 35.5. The Morgan fingerprint density at radius 3 is 2.53 bits per heavy atom. The number of carbonyl (C=O) groups excluding carboxylic acids is 3. The molecule has 2 N–H and O–H groups in total. The van der Waals surface area contributed by atoms with E-state index in [1.807, 2.05) is 20.8 Å². The number of benzene rings is 2. The average Bonchev–Trinajstić information content (AvgIpc) is 3.15. The first kappa shape index (κ1) is 35.5. The maximum Gasteiger partial charge on any atom is 0.341 e. The Kier molecular flexibility index (Phi) is 11.0. The van der Waals surface area contributed by atoms with Crippen LogP contribution in [0.5, 0.6) is 5.75 Å². The molecular formula is C35H34Cl2FN3O6. The molecule has 12 heteroatoms. The molecule has 1 aliphatic heterocycles. The van der Waals surface area contributed by atoms with Crippen molar-refractivity contribution in [3.05, 3.63) is 81.6 Å². The summed E-state index contributed by atoms with van der Waals surface area (Å²) in [6.45, 7) is 6.61. The predicted molar refractivity (Wildman–Crippen MR) is 175 cm³/mol. The van der Waals surface area contributed by atoms with E-state index in [0.717, 1.165) is 6.07 Å². The van der Waals surface area contributed by atoms with E-state index in [-0.39, 0.29) is 38.0 Å². The van der Waals surface area contributed by atoms with Gasteiger partial charge in [0.25, 0.3) is 0 Å². The summed E-state index contributed by atoms with van der Waals surface area (Å²) in [6.07, 6.45) is 5.46. The van der Waals surface area contributed by atoms with Crippen molar-refractivity contribution in [3.63, 3.8) is 0 Å². The molecule has 1 heterocycles. The fourth-order valence-corrected chi connectivity index (χ4v) is 6.29. The molecule has 0 aromatic heterocycles. The number of halogens is 3. The van der Waals surface area contributed by atoms with Crippen LogP contribution in [0.3, 0.4) is 0 Å². The second-order valence-corrected chi connectivity index (χ2v) is 13.2. The van der Waals surface area contributed by atoms with Gasteiger partial charge in [0, 0.05) is 35.4 Å². The maximum atomic E-state index is 15.9. The van der Waals surface area contributed by atoms with Crippen molar-refractivity contribution in [1.82, 2.24) is 5.32 Å². The second-order valence-electron chi connectivity index (χ2n) is 12.4. The smallest absolute Gasteiger partial charge is 0.341 e. The fourth-order valence-electron chi connectivity index (χ4n) is 6.01. The van der Waals surface area contributed by atoms with Crippen LogP contribution >= 0.6 is 23.2 Å². The topological polar surface area (TPSA) is 127 Å². The molecular weight excluding hydrogens is 648 g/mol. The van der Waals surface area contributed by atoms with Gasteiger partial charge in [-0.3, -0.25) is 9.59 Å². The number of allylic oxidation sites excluding steroid dienone is 4. The average molecular weight is 683 g/mol. The van der Waals surface area contributed by atoms with Gasteiger partial charge in [0.1, 0.15) is 17.0 Å². The lowest BCUT2D eigenvalue weighted by Gasteiger charge is -2.38. The van der Waals surface area contributed by atoms with Crippen molar-refractivity contribution in [2.24, 2.45) is 17.3 Å². The Hall–Kier alpha value is -4.35. The molecule has 1 fully saturated rings. The number of ether oxygens (including phenoxy) is 3. The Morgan fingerprint density at radius 2 is 1.89 bits per heavy atom. The lowest BCUT2D eigenvalue weighted by molar-refractivity contribution is -0.149. The number of methoxy groups -OCH3 is 1. The van der Waals surface area contributed by atoms with Crippen molar-refractivity contribution >= 4 is 46.7 Å². The molecule has 1 amide bonds. The lowest BCUT2D eigenvalue weighted by Crippen LogP contribution is -2.47. The summed E-state index contributed by atoms with van der Waals surface area (Å²) in [5, 5.41) is 17.8. The molecule has 47 heavy (non-hydrogen) atoms. The number of nitrogens with one attached hydrogen (secondary N) is 2. The maximum absolute atomic E-state index is 15.9. The lowest BCUT2D eigenvalue weighted by atomic mass is 9.61. The van der Waals surface area contributed by atoms with Crippen molar-refractivity contribution in [1.29, 1.82) is 5.26 Å². The van der Waals surface area contributed by atoms with Gasteiger partial charge in [-0.15, -0.1) is 0 Å². The molecule has 4 rings (SSSR count). The Labute approximate surface area is 283 Å². The van der Waals surface area contributed by atoms with Gasteiger partial charge in [0.15, 0.2) is 0 Å². The Bertz CT molecular complexity index is 1730. The second kappa shape index (κ2) is 14.6. The first-order chi connectivity index (χ1) is 22.2. The van der Waals surface area contributed by atoms with Crippen molar-refractivity contribution in [3.8, 4) is 23.7 Å². The molecule has 0 radical (unpaired) electrons. The van der Waals surface area contributed by atoms with E-state index in [1.165, 1.54) is 44.4 Å². The number of anilines is 1. The first-order valence-electron chi connectivity index (χ1n) is 14.7. The number of nitrogens with zero attached hydrogens (tertiary/aromatic N) is 1. The summed E-state index contributed by atoms with van der Waals surface area (Å²) < 4.78 is 31.0. The van der Waals surface area contributed by atoms with Gasteiger partial charge in [-0.2, -0.15) is 5.26 Å². The van der Waals surface area contributed by atoms with Crippen molar-refractivity contribution in [2.45, 2.75) is 51.6 Å². The number of amides is 1. The van der Waals surface area contributed by atoms with Crippen LogP contribution in [-0.4, -0.2) is 43.8 Å². The molecule has 2 aliphatic rings. The molecule has 2 aromatic carbocycles. The Morgan fingerprint density at radius 1 is 1.15 bits per heavy atom. The zero-order chi connectivity index (χ0) is 34.5. The quantitative estimate of drug-likeness (QED) is 0.180. The third-order valence-corrected chi connectivity index (χ3v) is 8.39. The summed E-state index contributed by atoms with van der Waals surface area (Å²) in [6, 6.07) is 9.09. The molecule has 5 atom stereocenters. The van der Waals surface area contributed by atoms with Crippen LogP contribution in [0, 0.1) is 46.2 Å². The van der Waals surface area contributed by atoms with E-state index in [2.05, 4.69) is 33.3 Å². The number of hydrogen-bond acceptors (Lipinski definition) is 8. The van der Waals surface area contributed by atoms with E-state index in [1.54, 1.807) is 18.2 Å². The van der Waals surface area contributed by atoms with Gasteiger partial charge in [-0.05, 0) is 48.2 Å². The zero-order valence-corrected chi connectivity index (χ0v) is 28.0. The fraction of sp³-hybridized carbons (Fsp3) is 0.371. The normalized spacial score (nSPS) is 23.3. The molecule has 1 saturated heterocycles. The van der Waals surface area contributed by atoms with Gasteiger partial charge in [-0.25, -0.2) is 9.18 Å². The first-order valence-corrected chi connectivity index (χ1v) is 15.4. The minimum atomic E-state index is -1.58. The van der Waals surface area contributed by atoms with E-state index in [0.29, 0.717) is 6.42 Å². The van der Waals surface area contributed by atoms with Crippen LogP contribution in [0.1, 0.15) is 50.0 Å². The highest BCUT2D eigenvalue weighted by Crippen LogP contribution is 2.51. The van der Waals surface area contributed by atoms with Gasteiger partial charge in [-0.1, -0.05) is 74.0 Å². The molecule has 0 bridgehead atoms. The summed E-state index contributed by atoms with van der Waals surface area (Å²) in [7, 11) is 1.36. The molecule has 2 aromatic rings. The van der Waals surface area contributed by atoms with E-state index in [4.69, 9.17) is 32.7 Å². The van der Waals surface area contributed by atoms with Crippen LogP contribution in [0.15, 0.2) is 59.7 Å².